The first-order valence-corrected chi connectivity index (χ1v) is 7.69. The van der Waals surface area contributed by atoms with Crippen LogP contribution in [-0.4, -0.2) is 32.3 Å². The molecule has 2 heterocycles. The molecule has 2 aromatic rings. The molecule has 2 aliphatic rings. The summed E-state index contributed by atoms with van der Waals surface area (Å²) in [6, 6.07) is 0. The maximum atomic E-state index is 12.2. The summed E-state index contributed by atoms with van der Waals surface area (Å²) in [5, 5.41) is 4.53. The summed E-state index contributed by atoms with van der Waals surface area (Å²) in [4.78, 5) is 20.7. The quantitative estimate of drug-likeness (QED) is 0.813. The van der Waals surface area contributed by atoms with Crippen LogP contribution in [0.15, 0.2) is 18.6 Å². The molecule has 6 nitrogen and oxygen atoms in total. The first-order chi connectivity index (χ1) is 10.6. The molecule has 22 heavy (non-hydrogen) atoms. The SMILES string of the molecule is CCOC(=O)c1nn(-c2cnccn2)c2c1CCC1(C)CC21. The van der Waals surface area contributed by atoms with Crippen LogP contribution in [0.1, 0.15) is 54.4 Å². The van der Waals surface area contributed by atoms with Crippen LogP contribution in [0.2, 0.25) is 0 Å². The van der Waals surface area contributed by atoms with Crippen LogP contribution in [0, 0.1) is 5.41 Å². The van der Waals surface area contributed by atoms with Crippen molar-refractivity contribution in [1.82, 2.24) is 19.7 Å². The van der Waals surface area contributed by atoms with E-state index in [0.29, 0.717) is 29.5 Å². The van der Waals surface area contributed by atoms with Gasteiger partial charge < -0.3 is 4.74 Å². The fraction of sp³-hybridized carbons (Fsp3) is 0.500. The van der Waals surface area contributed by atoms with Gasteiger partial charge in [-0.1, -0.05) is 6.92 Å². The van der Waals surface area contributed by atoms with Crippen molar-refractivity contribution in [1.29, 1.82) is 0 Å². The lowest BCUT2D eigenvalue weighted by molar-refractivity contribution is 0.0517. The summed E-state index contributed by atoms with van der Waals surface area (Å²) in [5.41, 5.74) is 2.94. The van der Waals surface area contributed by atoms with Crippen molar-refractivity contribution < 1.29 is 9.53 Å². The maximum Gasteiger partial charge on any atom is 0.359 e. The van der Waals surface area contributed by atoms with Gasteiger partial charge in [-0.15, -0.1) is 0 Å². The van der Waals surface area contributed by atoms with Crippen molar-refractivity contribution in [2.24, 2.45) is 5.41 Å². The van der Waals surface area contributed by atoms with Crippen LogP contribution in [0.4, 0.5) is 0 Å². The van der Waals surface area contributed by atoms with Gasteiger partial charge in [0, 0.05) is 23.9 Å². The zero-order valence-electron chi connectivity index (χ0n) is 12.7. The normalized spacial score (nSPS) is 25.3. The first kappa shape index (κ1) is 13.4. The molecule has 4 rings (SSSR count). The van der Waals surface area contributed by atoms with Crippen LogP contribution in [0.5, 0.6) is 0 Å². The lowest BCUT2D eigenvalue weighted by Gasteiger charge is -2.19. The minimum absolute atomic E-state index is 0.342. The molecule has 1 fully saturated rings. The van der Waals surface area contributed by atoms with Crippen LogP contribution in [0.3, 0.4) is 0 Å². The van der Waals surface area contributed by atoms with E-state index in [0.717, 1.165) is 30.5 Å². The molecule has 2 aromatic heterocycles. The monoisotopic (exact) mass is 298 g/mol. The van der Waals surface area contributed by atoms with E-state index in [4.69, 9.17) is 4.74 Å². The van der Waals surface area contributed by atoms with E-state index < -0.39 is 0 Å². The molecule has 114 valence electrons. The third-order valence-corrected chi connectivity index (χ3v) is 4.89. The lowest BCUT2D eigenvalue weighted by Crippen LogP contribution is -2.14. The average Bonchev–Trinajstić information content (AvgIpc) is 3.07. The van der Waals surface area contributed by atoms with E-state index in [1.165, 1.54) is 0 Å². The second kappa shape index (κ2) is 4.63. The van der Waals surface area contributed by atoms with Gasteiger partial charge >= 0.3 is 5.97 Å². The van der Waals surface area contributed by atoms with Gasteiger partial charge in [-0.2, -0.15) is 5.10 Å². The van der Waals surface area contributed by atoms with E-state index in [9.17, 15) is 4.79 Å². The van der Waals surface area contributed by atoms with Gasteiger partial charge in [0.15, 0.2) is 11.5 Å². The molecule has 2 unspecified atom stereocenters. The Kier molecular flexibility index (Phi) is 2.82. The van der Waals surface area contributed by atoms with Gasteiger partial charge in [-0.05, 0) is 31.6 Å². The Bertz CT molecular complexity index is 740. The Morgan fingerprint density at radius 3 is 3.09 bits per heavy atom. The Labute approximate surface area is 128 Å². The second-order valence-corrected chi connectivity index (χ2v) is 6.32. The zero-order chi connectivity index (χ0) is 15.3. The summed E-state index contributed by atoms with van der Waals surface area (Å²) in [6.45, 7) is 4.47. The molecule has 0 saturated heterocycles. The number of carbonyl (C=O) groups excluding carboxylic acids is 1. The van der Waals surface area contributed by atoms with E-state index in [-0.39, 0.29) is 5.97 Å². The van der Waals surface area contributed by atoms with E-state index >= 15 is 0 Å². The van der Waals surface area contributed by atoms with Crippen LogP contribution in [-0.2, 0) is 11.2 Å². The maximum absolute atomic E-state index is 12.2. The van der Waals surface area contributed by atoms with Crippen molar-refractivity contribution >= 4 is 5.97 Å². The zero-order valence-corrected chi connectivity index (χ0v) is 12.7. The number of nitrogens with zero attached hydrogens (tertiary/aromatic N) is 4. The number of hydrogen-bond donors (Lipinski definition) is 0. The van der Waals surface area contributed by atoms with Crippen LogP contribution < -0.4 is 0 Å². The molecule has 0 bridgehead atoms. The lowest BCUT2D eigenvalue weighted by atomic mass is 9.87. The van der Waals surface area contributed by atoms with E-state index in [1.807, 2.05) is 6.92 Å². The molecule has 0 spiro atoms. The van der Waals surface area contributed by atoms with Gasteiger partial charge in [0.25, 0.3) is 0 Å². The predicted octanol–water partition coefficient (Wildman–Crippen LogP) is 2.28. The van der Waals surface area contributed by atoms with Gasteiger partial charge in [-0.3, -0.25) is 4.98 Å². The number of ether oxygens (including phenoxy) is 1. The average molecular weight is 298 g/mol. The largest absolute Gasteiger partial charge is 0.461 e. The number of carbonyl (C=O) groups is 1. The minimum Gasteiger partial charge on any atom is -0.461 e. The van der Waals surface area contributed by atoms with E-state index in [1.54, 1.807) is 23.3 Å². The number of fused-ring (bicyclic) bond motifs is 3. The van der Waals surface area contributed by atoms with Crippen molar-refractivity contribution in [3.05, 3.63) is 35.5 Å². The fourth-order valence-electron chi connectivity index (χ4n) is 3.53. The smallest absolute Gasteiger partial charge is 0.359 e. The second-order valence-electron chi connectivity index (χ2n) is 6.32. The van der Waals surface area contributed by atoms with Crippen LogP contribution >= 0.6 is 0 Å². The molecule has 0 radical (unpaired) electrons. The number of hydrogen-bond acceptors (Lipinski definition) is 5. The Morgan fingerprint density at radius 1 is 1.50 bits per heavy atom. The minimum atomic E-state index is -0.342. The van der Waals surface area contributed by atoms with Crippen molar-refractivity contribution in [2.45, 2.75) is 39.0 Å². The molecular weight excluding hydrogens is 280 g/mol. The highest BCUT2D eigenvalue weighted by atomic mass is 16.5. The molecular formula is C16H18N4O2. The summed E-state index contributed by atoms with van der Waals surface area (Å²) in [6.07, 6.45) is 8.07. The highest BCUT2D eigenvalue weighted by Crippen LogP contribution is 2.65. The first-order valence-electron chi connectivity index (χ1n) is 7.69. The van der Waals surface area contributed by atoms with Gasteiger partial charge in [-0.25, -0.2) is 14.5 Å². The van der Waals surface area contributed by atoms with Crippen molar-refractivity contribution in [3.63, 3.8) is 0 Å². The summed E-state index contributed by atoms with van der Waals surface area (Å²) in [5.74, 6) is 0.769. The molecule has 0 aliphatic heterocycles. The van der Waals surface area contributed by atoms with Crippen molar-refractivity contribution in [2.75, 3.05) is 6.61 Å². The summed E-state index contributed by atoms with van der Waals surface area (Å²) < 4.78 is 6.96. The van der Waals surface area contributed by atoms with Crippen LogP contribution in [0.25, 0.3) is 5.82 Å². The highest BCUT2D eigenvalue weighted by Gasteiger charge is 2.56. The molecule has 6 heteroatoms. The Balaban J connectivity index is 1.87. The van der Waals surface area contributed by atoms with E-state index in [2.05, 4.69) is 22.0 Å². The summed E-state index contributed by atoms with van der Waals surface area (Å²) >= 11 is 0. The molecule has 2 atom stereocenters. The molecule has 0 amide bonds. The predicted molar refractivity (Wildman–Crippen MR) is 78.9 cm³/mol. The Hall–Kier alpha value is -2.24. The number of aromatic nitrogens is 4. The van der Waals surface area contributed by atoms with Crippen molar-refractivity contribution in [3.8, 4) is 5.82 Å². The van der Waals surface area contributed by atoms with Gasteiger partial charge in [0.1, 0.15) is 0 Å². The summed E-state index contributed by atoms with van der Waals surface area (Å²) in [7, 11) is 0. The molecule has 2 aliphatic carbocycles. The molecule has 1 saturated carbocycles. The van der Waals surface area contributed by atoms with Gasteiger partial charge in [0.05, 0.1) is 18.5 Å². The third kappa shape index (κ3) is 1.86. The highest BCUT2D eigenvalue weighted by molar-refractivity contribution is 5.89. The molecule has 0 N–H and O–H groups in total. The molecule has 0 aromatic carbocycles. The van der Waals surface area contributed by atoms with Gasteiger partial charge in [0.2, 0.25) is 0 Å². The fourth-order valence-corrected chi connectivity index (χ4v) is 3.53. The number of esters is 1. The Morgan fingerprint density at radius 2 is 2.36 bits per heavy atom. The topological polar surface area (TPSA) is 69.9 Å². The third-order valence-electron chi connectivity index (χ3n) is 4.89. The standard InChI is InChI=1S/C16H18N4O2/c1-3-22-15(21)13-10-4-5-16(2)8-11(16)14(10)20(19-13)12-9-17-6-7-18-12/h6-7,9,11H,3-5,8H2,1-2H3. The number of rotatable bonds is 3.